The third-order valence-corrected chi connectivity index (χ3v) is 6.45. The van der Waals surface area contributed by atoms with Crippen molar-refractivity contribution in [1.29, 1.82) is 0 Å². The average Bonchev–Trinajstić information content (AvgIpc) is 3.40. The molecule has 0 saturated heterocycles. The number of thiophene rings is 1. The van der Waals surface area contributed by atoms with Crippen LogP contribution >= 0.6 is 11.3 Å². The van der Waals surface area contributed by atoms with E-state index in [1.807, 2.05) is 35.8 Å². The number of carbonyl (C=O) groups excluding carboxylic acids is 1. The molecule has 3 heterocycles. The first-order valence-electron chi connectivity index (χ1n) is 9.69. The number of aromatic nitrogens is 1. The summed E-state index contributed by atoms with van der Waals surface area (Å²) in [6.45, 7) is 0.531. The van der Waals surface area contributed by atoms with E-state index in [4.69, 9.17) is 0 Å². The molecular formula is C23H17F3N2O2S. The summed E-state index contributed by atoms with van der Waals surface area (Å²) < 4.78 is 41.6. The first-order valence-corrected chi connectivity index (χ1v) is 10.6. The third-order valence-electron chi connectivity index (χ3n) is 5.46. The number of aromatic amines is 1. The fourth-order valence-electron chi connectivity index (χ4n) is 4.10. The van der Waals surface area contributed by atoms with E-state index in [2.05, 4.69) is 9.72 Å². The Kier molecular flexibility index (Phi) is 4.74. The molecule has 2 aromatic heterocycles. The van der Waals surface area contributed by atoms with Crippen LogP contribution in [0.3, 0.4) is 0 Å². The summed E-state index contributed by atoms with van der Waals surface area (Å²) in [4.78, 5) is 19.6. The van der Waals surface area contributed by atoms with Crippen LogP contribution < -0.4 is 4.74 Å². The van der Waals surface area contributed by atoms with Crippen LogP contribution in [0, 0.1) is 0 Å². The second kappa shape index (κ2) is 7.46. The molecule has 0 spiro atoms. The number of benzene rings is 2. The molecule has 4 aromatic rings. The highest BCUT2D eigenvalue weighted by molar-refractivity contribution is 7.10. The molecule has 1 amide bonds. The van der Waals surface area contributed by atoms with Crippen molar-refractivity contribution >= 4 is 28.1 Å². The molecule has 2 aromatic carbocycles. The number of nitrogens with one attached hydrogen (secondary N) is 1. The van der Waals surface area contributed by atoms with E-state index in [0.717, 1.165) is 28.5 Å². The van der Waals surface area contributed by atoms with E-state index >= 15 is 0 Å². The number of H-pyrrole nitrogens is 1. The van der Waals surface area contributed by atoms with Crippen LogP contribution in [0.25, 0.3) is 10.9 Å². The zero-order valence-corrected chi connectivity index (χ0v) is 17.0. The van der Waals surface area contributed by atoms with Gasteiger partial charge in [-0.3, -0.25) is 4.79 Å². The van der Waals surface area contributed by atoms with Crippen LogP contribution in [0.15, 0.2) is 66.2 Å². The number of amides is 1. The summed E-state index contributed by atoms with van der Waals surface area (Å²) >= 11 is 1.63. The minimum absolute atomic E-state index is 0.111. The highest BCUT2D eigenvalue weighted by Crippen LogP contribution is 2.39. The maximum Gasteiger partial charge on any atom is 0.573 e. The van der Waals surface area contributed by atoms with Crippen LogP contribution in [0.4, 0.5) is 13.2 Å². The van der Waals surface area contributed by atoms with Gasteiger partial charge in [0.25, 0.3) is 5.91 Å². The van der Waals surface area contributed by atoms with Crippen molar-refractivity contribution in [3.8, 4) is 5.75 Å². The molecule has 0 bridgehead atoms. The molecule has 5 rings (SSSR count). The van der Waals surface area contributed by atoms with E-state index in [0.29, 0.717) is 12.1 Å². The van der Waals surface area contributed by atoms with Gasteiger partial charge in [0.15, 0.2) is 0 Å². The summed E-state index contributed by atoms with van der Waals surface area (Å²) in [5.41, 5.74) is 3.28. The Labute approximate surface area is 179 Å². The SMILES string of the molecule is O=C(c1ccc2[nH]ccc2c1)N1CCc2sccc2C1c1ccc(OC(F)(F)F)cc1. The smallest absolute Gasteiger partial charge is 0.406 e. The predicted octanol–water partition coefficient (Wildman–Crippen LogP) is 5.92. The number of nitrogens with zero attached hydrogens (tertiary/aromatic N) is 1. The molecule has 1 atom stereocenters. The molecule has 0 fully saturated rings. The van der Waals surface area contributed by atoms with Gasteiger partial charge in [0.2, 0.25) is 0 Å². The maximum absolute atomic E-state index is 13.5. The largest absolute Gasteiger partial charge is 0.573 e. The number of ether oxygens (including phenoxy) is 1. The molecule has 31 heavy (non-hydrogen) atoms. The summed E-state index contributed by atoms with van der Waals surface area (Å²) in [7, 11) is 0. The third kappa shape index (κ3) is 3.79. The minimum Gasteiger partial charge on any atom is -0.406 e. The Balaban J connectivity index is 1.51. The maximum atomic E-state index is 13.5. The number of fused-ring (bicyclic) bond motifs is 2. The molecule has 0 radical (unpaired) electrons. The van der Waals surface area contributed by atoms with Crippen LogP contribution in [-0.2, 0) is 6.42 Å². The molecule has 0 saturated carbocycles. The second-order valence-corrected chi connectivity index (χ2v) is 8.35. The first kappa shape index (κ1) is 19.7. The summed E-state index contributed by atoms with van der Waals surface area (Å²) in [5, 5.41) is 2.93. The number of rotatable bonds is 3. The quantitative estimate of drug-likeness (QED) is 0.428. The predicted molar refractivity (Wildman–Crippen MR) is 112 cm³/mol. The summed E-state index contributed by atoms with van der Waals surface area (Å²) in [5.74, 6) is -0.394. The number of hydrogen-bond donors (Lipinski definition) is 1. The van der Waals surface area contributed by atoms with Gasteiger partial charge >= 0.3 is 6.36 Å². The zero-order valence-electron chi connectivity index (χ0n) is 16.1. The van der Waals surface area contributed by atoms with E-state index in [9.17, 15) is 18.0 Å². The van der Waals surface area contributed by atoms with Crippen molar-refractivity contribution in [2.24, 2.45) is 0 Å². The second-order valence-electron chi connectivity index (χ2n) is 7.35. The van der Waals surface area contributed by atoms with E-state index in [-0.39, 0.29) is 17.7 Å². The van der Waals surface area contributed by atoms with Gasteiger partial charge in [-0.25, -0.2) is 0 Å². The Hall–Kier alpha value is -3.26. The van der Waals surface area contributed by atoms with Gasteiger partial charge < -0.3 is 14.6 Å². The summed E-state index contributed by atoms with van der Waals surface area (Å²) in [6, 6.07) is 14.8. The van der Waals surface area contributed by atoms with Crippen molar-refractivity contribution in [2.75, 3.05) is 6.54 Å². The van der Waals surface area contributed by atoms with E-state index < -0.39 is 6.36 Å². The Morgan fingerprint density at radius 3 is 2.68 bits per heavy atom. The normalized spacial score (nSPS) is 16.4. The van der Waals surface area contributed by atoms with Gasteiger partial charge in [-0.1, -0.05) is 12.1 Å². The lowest BCUT2D eigenvalue weighted by Gasteiger charge is -2.36. The zero-order chi connectivity index (χ0) is 21.6. The van der Waals surface area contributed by atoms with Crippen LogP contribution in [0.2, 0.25) is 0 Å². The first-order chi connectivity index (χ1) is 14.9. The van der Waals surface area contributed by atoms with Crippen molar-refractivity contribution in [3.05, 3.63) is 87.7 Å². The van der Waals surface area contributed by atoms with Crippen molar-refractivity contribution < 1.29 is 22.7 Å². The Morgan fingerprint density at radius 1 is 1.10 bits per heavy atom. The lowest BCUT2D eigenvalue weighted by atomic mass is 9.92. The van der Waals surface area contributed by atoms with Crippen LogP contribution in [0.5, 0.6) is 5.75 Å². The molecule has 0 aliphatic carbocycles. The number of carbonyl (C=O) groups is 1. The van der Waals surface area contributed by atoms with Gasteiger partial charge in [-0.2, -0.15) is 0 Å². The van der Waals surface area contributed by atoms with Crippen molar-refractivity contribution in [2.45, 2.75) is 18.8 Å². The standard InChI is InChI=1S/C23H17F3N2O2S/c24-23(25,26)30-17-4-1-14(2-5-17)21-18-9-12-31-20(18)8-11-28(21)22(29)16-3-6-19-15(13-16)7-10-27-19/h1-7,9-10,12-13,21,27H,8,11H2. The molecule has 8 heteroatoms. The number of alkyl halides is 3. The molecule has 1 aliphatic rings. The fourth-order valence-corrected chi connectivity index (χ4v) is 5.00. The van der Waals surface area contributed by atoms with Crippen LogP contribution in [0.1, 0.15) is 32.4 Å². The lowest BCUT2D eigenvalue weighted by molar-refractivity contribution is -0.274. The van der Waals surface area contributed by atoms with Gasteiger partial charge in [-0.15, -0.1) is 24.5 Å². The van der Waals surface area contributed by atoms with Crippen LogP contribution in [-0.4, -0.2) is 28.7 Å². The lowest BCUT2D eigenvalue weighted by Crippen LogP contribution is -2.40. The van der Waals surface area contributed by atoms with Gasteiger partial charge in [0.1, 0.15) is 5.75 Å². The van der Waals surface area contributed by atoms with E-state index in [1.165, 1.54) is 17.0 Å². The Bertz CT molecular complexity index is 1240. The highest BCUT2D eigenvalue weighted by Gasteiger charge is 2.34. The molecule has 1 aliphatic heterocycles. The summed E-state index contributed by atoms with van der Waals surface area (Å²) in [6.07, 6.45) is -2.17. The molecule has 4 nitrogen and oxygen atoms in total. The monoisotopic (exact) mass is 442 g/mol. The fraction of sp³-hybridized carbons (Fsp3) is 0.174. The highest BCUT2D eigenvalue weighted by atomic mass is 32.1. The van der Waals surface area contributed by atoms with E-state index in [1.54, 1.807) is 34.4 Å². The van der Waals surface area contributed by atoms with Gasteiger partial charge in [0, 0.05) is 34.1 Å². The topological polar surface area (TPSA) is 45.3 Å². The van der Waals surface area contributed by atoms with Crippen molar-refractivity contribution in [3.63, 3.8) is 0 Å². The number of hydrogen-bond acceptors (Lipinski definition) is 3. The molecule has 158 valence electrons. The number of halogens is 3. The Morgan fingerprint density at radius 2 is 1.90 bits per heavy atom. The van der Waals surface area contributed by atoms with Crippen molar-refractivity contribution in [1.82, 2.24) is 9.88 Å². The molecule has 1 N–H and O–H groups in total. The van der Waals surface area contributed by atoms with Gasteiger partial charge in [-0.05, 0) is 65.4 Å². The van der Waals surface area contributed by atoms with Gasteiger partial charge in [0.05, 0.1) is 6.04 Å². The molecular weight excluding hydrogens is 425 g/mol. The average molecular weight is 442 g/mol. The minimum atomic E-state index is -4.74. The molecule has 1 unspecified atom stereocenters.